The normalized spacial score (nSPS) is 28.8. The first-order valence-corrected chi connectivity index (χ1v) is 6.29. The Kier molecular flexibility index (Phi) is 2.62. The molecule has 3 rings (SSSR count). The molecule has 0 amide bonds. The summed E-state index contributed by atoms with van der Waals surface area (Å²) in [7, 11) is 3.65. The van der Waals surface area contributed by atoms with Crippen LogP contribution in [0.25, 0.3) is 0 Å². The third-order valence-corrected chi connectivity index (χ3v) is 4.13. The number of benzene rings is 1. The first kappa shape index (κ1) is 11.3. The molecule has 18 heavy (non-hydrogen) atoms. The van der Waals surface area contributed by atoms with Crippen molar-refractivity contribution in [2.75, 3.05) is 19.1 Å². The fourth-order valence-electron chi connectivity index (χ4n) is 3.02. The largest absolute Gasteiger partial charge is 0.497 e. The highest BCUT2D eigenvalue weighted by atomic mass is 16.5. The molecule has 2 aliphatic rings. The van der Waals surface area contributed by atoms with E-state index in [1.807, 2.05) is 31.3 Å². The summed E-state index contributed by atoms with van der Waals surface area (Å²) in [4.78, 5) is 14.2. The standard InChI is InChI=1S/C15H17NO2/c1-16(10-6-8-11(18-2)9-7-10)14-12-4-3-5-13(12)15(14)17/h3-4,6-9,12-14H,5H2,1-2H3/t12-,13+,14-/m0/s1. The average Bonchev–Trinajstić information content (AvgIpc) is 2.82. The van der Waals surface area contributed by atoms with E-state index in [0.717, 1.165) is 17.9 Å². The zero-order valence-corrected chi connectivity index (χ0v) is 10.7. The van der Waals surface area contributed by atoms with Crippen molar-refractivity contribution in [2.45, 2.75) is 12.5 Å². The summed E-state index contributed by atoms with van der Waals surface area (Å²) in [6.07, 6.45) is 5.25. The van der Waals surface area contributed by atoms with Crippen molar-refractivity contribution in [1.29, 1.82) is 0 Å². The van der Waals surface area contributed by atoms with E-state index in [4.69, 9.17) is 4.74 Å². The molecule has 0 unspecified atom stereocenters. The molecule has 0 heterocycles. The van der Waals surface area contributed by atoms with E-state index in [0.29, 0.717) is 11.7 Å². The van der Waals surface area contributed by atoms with Gasteiger partial charge in [0.05, 0.1) is 13.2 Å². The Labute approximate surface area is 107 Å². The molecule has 0 aromatic heterocycles. The lowest BCUT2D eigenvalue weighted by atomic mass is 9.69. The number of likely N-dealkylation sites (N-methyl/N-ethyl adjacent to an activating group) is 1. The van der Waals surface area contributed by atoms with Gasteiger partial charge in [0.25, 0.3) is 0 Å². The Balaban J connectivity index is 1.79. The van der Waals surface area contributed by atoms with Gasteiger partial charge in [-0.1, -0.05) is 12.2 Å². The molecular weight excluding hydrogens is 226 g/mol. The molecule has 0 bridgehead atoms. The lowest BCUT2D eigenvalue weighted by Gasteiger charge is -2.44. The fraction of sp³-hybridized carbons (Fsp3) is 0.400. The minimum atomic E-state index is 0.0159. The van der Waals surface area contributed by atoms with Gasteiger partial charge in [0.15, 0.2) is 5.78 Å². The number of ketones is 1. The van der Waals surface area contributed by atoms with Crippen LogP contribution in [-0.2, 0) is 4.79 Å². The van der Waals surface area contributed by atoms with Crippen molar-refractivity contribution >= 4 is 11.5 Å². The summed E-state index contributed by atoms with van der Waals surface area (Å²) in [6, 6.07) is 7.87. The predicted octanol–water partition coefficient (Wildman–Crippen LogP) is 2.28. The summed E-state index contributed by atoms with van der Waals surface area (Å²) < 4.78 is 5.14. The van der Waals surface area contributed by atoms with E-state index in [2.05, 4.69) is 17.1 Å². The van der Waals surface area contributed by atoms with E-state index >= 15 is 0 Å². The number of rotatable bonds is 3. The average molecular weight is 243 g/mol. The Hall–Kier alpha value is -1.77. The second kappa shape index (κ2) is 4.16. The minimum Gasteiger partial charge on any atom is -0.497 e. The molecule has 1 aromatic carbocycles. The van der Waals surface area contributed by atoms with Crippen molar-refractivity contribution in [1.82, 2.24) is 0 Å². The van der Waals surface area contributed by atoms with Gasteiger partial charge in [-0.2, -0.15) is 0 Å². The van der Waals surface area contributed by atoms with Gasteiger partial charge in [-0.05, 0) is 30.7 Å². The molecule has 2 aliphatic carbocycles. The molecule has 3 nitrogen and oxygen atoms in total. The second-order valence-corrected chi connectivity index (χ2v) is 5.00. The molecule has 3 heteroatoms. The number of fused-ring (bicyclic) bond motifs is 1. The SMILES string of the molecule is COc1ccc(N(C)[C@@H]2C(=O)[C@@H]3CC=C[C@H]23)cc1. The molecule has 94 valence electrons. The van der Waals surface area contributed by atoms with Crippen molar-refractivity contribution in [3.05, 3.63) is 36.4 Å². The molecule has 1 aromatic rings. The number of allylic oxidation sites excluding steroid dienone is 1. The maximum absolute atomic E-state index is 12.1. The van der Waals surface area contributed by atoms with Crippen LogP contribution in [0.4, 0.5) is 5.69 Å². The summed E-state index contributed by atoms with van der Waals surface area (Å²) in [5, 5.41) is 0. The molecule has 0 spiro atoms. The van der Waals surface area contributed by atoms with Crippen LogP contribution < -0.4 is 9.64 Å². The van der Waals surface area contributed by atoms with Crippen molar-refractivity contribution in [2.24, 2.45) is 11.8 Å². The van der Waals surface area contributed by atoms with Crippen LogP contribution in [0.1, 0.15) is 6.42 Å². The van der Waals surface area contributed by atoms with Gasteiger partial charge in [0.1, 0.15) is 5.75 Å². The van der Waals surface area contributed by atoms with Crippen LogP contribution >= 0.6 is 0 Å². The van der Waals surface area contributed by atoms with Crippen LogP contribution in [-0.4, -0.2) is 26.0 Å². The van der Waals surface area contributed by atoms with Gasteiger partial charge in [0.2, 0.25) is 0 Å². The predicted molar refractivity (Wildman–Crippen MR) is 70.9 cm³/mol. The zero-order valence-electron chi connectivity index (χ0n) is 10.7. The third kappa shape index (κ3) is 1.54. The van der Waals surface area contributed by atoms with E-state index in [-0.39, 0.29) is 12.0 Å². The number of Topliss-reactive ketones (excluding diaryl/α,β-unsaturated/α-hetero) is 1. The molecule has 0 N–H and O–H groups in total. The number of hydrogen-bond acceptors (Lipinski definition) is 3. The highest BCUT2D eigenvalue weighted by Crippen LogP contribution is 2.43. The number of ether oxygens (including phenoxy) is 1. The zero-order chi connectivity index (χ0) is 12.7. The van der Waals surface area contributed by atoms with E-state index in [1.165, 1.54) is 0 Å². The topological polar surface area (TPSA) is 29.5 Å². The highest BCUT2D eigenvalue weighted by molar-refractivity contribution is 5.97. The first-order chi connectivity index (χ1) is 8.72. The number of carbonyl (C=O) groups is 1. The Morgan fingerprint density at radius 3 is 2.67 bits per heavy atom. The number of hydrogen-bond donors (Lipinski definition) is 0. The lowest BCUT2D eigenvalue weighted by Crippen LogP contribution is -2.58. The molecule has 1 saturated carbocycles. The van der Waals surface area contributed by atoms with E-state index in [1.54, 1.807) is 7.11 Å². The summed E-state index contributed by atoms with van der Waals surface area (Å²) >= 11 is 0. The number of carbonyl (C=O) groups excluding carboxylic acids is 1. The maximum Gasteiger partial charge on any atom is 0.159 e. The molecule has 0 aliphatic heterocycles. The van der Waals surface area contributed by atoms with Crippen molar-refractivity contribution in [3.63, 3.8) is 0 Å². The maximum atomic E-state index is 12.1. The lowest BCUT2D eigenvalue weighted by molar-refractivity contribution is -0.133. The molecule has 1 fully saturated rings. The van der Waals surface area contributed by atoms with Gasteiger partial charge < -0.3 is 9.64 Å². The summed E-state index contributed by atoms with van der Waals surface area (Å²) in [5.41, 5.74) is 1.06. The van der Waals surface area contributed by atoms with Crippen LogP contribution in [0.3, 0.4) is 0 Å². The number of anilines is 1. The Morgan fingerprint density at radius 2 is 2.00 bits per heavy atom. The van der Waals surface area contributed by atoms with Crippen LogP contribution in [0.2, 0.25) is 0 Å². The molecular formula is C15H17NO2. The van der Waals surface area contributed by atoms with Crippen molar-refractivity contribution < 1.29 is 9.53 Å². The van der Waals surface area contributed by atoms with E-state index < -0.39 is 0 Å². The minimum absolute atomic E-state index is 0.0159. The van der Waals surface area contributed by atoms with Crippen LogP contribution in [0.15, 0.2) is 36.4 Å². The van der Waals surface area contributed by atoms with Crippen LogP contribution in [0.5, 0.6) is 5.75 Å². The summed E-state index contributed by atoms with van der Waals surface area (Å²) in [6.45, 7) is 0. The Morgan fingerprint density at radius 1 is 1.28 bits per heavy atom. The van der Waals surface area contributed by atoms with Crippen molar-refractivity contribution in [3.8, 4) is 5.75 Å². The van der Waals surface area contributed by atoms with E-state index in [9.17, 15) is 4.79 Å². The van der Waals surface area contributed by atoms with Gasteiger partial charge in [-0.15, -0.1) is 0 Å². The smallest absolute Gasteiger partial charge is 0.159 e. The molecule has 3 atom stereocenters. The number of nitrogens with zero attached hydrogens (tertiary/aromatic N) is 1. The summed E-state index contributed by atoms with van der Waals surface area (Å²) in [5.74, 6) is 1.87. The quantitative estimate of drug-likeness (QED) is 0.763. The molecule has 0 saturated heterocycles. The van der Waals surface area contributed by atoms with Crippen LogP contribution in [0, 0.1) is 11.8 Å². The first-order valence-electron chi connectivity index (χ1n) is 6.29. The van der Waals surface area contributed by atoms with Gasteiger partial charge in [-0.3, -0.25) is 4.79 Å². The van der Waals surface area contributed by atoms with Gasteiger partial charge in [-0.25, -0.2) is 0 Å². The highest BCUT2D eigenvalue weighted by Gasteiger charge is 2.51. The number of methoxy groups -OCH3 is 1. The monoisotopic (exact) mass is 243 g/mol. The fourth-order valence-corrected chi connectivity index (χ4v) is 3.02. The van der Waals surface area contributed by atoms with Gasteiger partial charge >= 0.3 is 0 Å². The third-order valence-electron chi connectivity index (χ3n) is 4.13. The molecule has 0 radical (unpaired) electrons. The van der Waals surface area contributed by atoms with Gasteiger partial charge in [0, 0.05) is 24.6 Å². The Bertz CT molecular complexity index is 492. The second-order valence-electron chi connectivity index (χ2n) is 5.00.